The summed E-state index contributed by atoms with van der Waals surface area (Å²) in [6, 6.07) is 5.19. The molecule has 1 aromatic rings. The zero-order valence-electron chi connectivity index (χ0n) is 9.37. The van der Waals surface area contributed by atoms with E-state index in [-0.39, 0.29) is 0 Å². The molecule has 1 nitrogen and oxygen atoms in total. The summed E-state index contributed by atoms with van der Waals surface area (Å²) in [6.45, 7) is 0. The molecular formula is C13H15F3O. The Morgan fingerprint density at radius 2 is 2.00 bits per heavy atom. The number of rotatable bonds is 4. The second kappa shape index (κ2) is 4.69. The Balaban J connectivity index is 2.00. The predicted octanol–water partition coefficient (Wildman–Crippen LogP) is 3.41. The molecule has 1 fully saturated rings. The monoisotopic (exact) mass is 244 g/mol. The van der Waals surface area contributed by atoms with Gasteiger partial charge in [0.1, 0.15) is 0 Å². The Labute approximate surface area is 98.3 Å². The van der Waals surface area contributed by atoms with E-state index in [0.717, 1.165) is 25.0 Å². The van der Waals surface area contributed by atoms with Crippen molar-refractivity contribution in [2.24, 2.45) is 5.92 Å². The fraction of sp³-hybridized carbons (Fsp3) is 0.538. The molecule has 0 aliphatic heterocycles. The van der Waals surface area contributed by atoms with Gasteiger partial charge < -0.3 is 5.11 Å². The molecule has 0 radical (unpaired) electrons. The van der Waals surface area contributed by atoms with E-state index in [2.05, 4.69) is 0 Å². The Morgan fingerprint density at radius 3 is 2.59 bits per heavy atom. The molecule has 1 unspecified atom stereocenters. The lowest BCUT2D eigenvalue weighted by molar-refractivity contribution is -0.137. The largest absolute Gasteiger partial charge is 0.416 e. The first-order chi connectivity index (χ1) is 7.95. The van der Waals surface area contributed by atoms with Crippen molar-refractivity contribution in [1.29, 1.82) is 0 Å². The summed E-state index contributed by atoms with van der Waals surface area (Å²) in [5.74, 6) is 0.579. The van der Waals surface area contributed by atoms with E-state index >= 15 is 0 Å². The van der Waals surface area contributed by atoms with Crippen LogP contribution in [0.3, 0.4) is 0 Å². The lowest BCUT2D eigenvalue weighted by atomic mass is 10.0. The number of benzene rings is 1. The van der Waals surface area contributed by atoms with E-state index < -0.39 is 17.8 Å². The van der Waals surface area contributed by atoms with Gasteiger partial charge in [0.25, 0.3) is 0 Å². The lowest BCUT2D eigenvalue weighted by Crippen LogP contribution is -2.12. The smallest absolute Gasteiger partial charge is 0.393 e. The molecule has 2 rings (SSSR count). The van der Waals surface area contributed by atoms with Crippen LogP contribution in [0.15, 0.2) is 24.3 Å². The predicted molar refractivity (Wildman–Crippen MR) is 58.5 cm³/mol. The fourth-order valence-corrected chi connectivity index (χ4v) is 1.97. The molecular weight excluding hydrogens is 229 g/mol. The molecule has 1 N–H and O–H groups in total. The van der Waals surface area contributed by atoms with Crippen molar-refractivity contribution >= 4 is 0 Å². The first-order valence-corrected chi connectivity index (χ1v) is 5.79. The minimum absolute atomic E-state index is 0.306. The summed E-state index contributed by atoms with van der Waals surface area (Å²) in [5, 5.41) is 9.73. The van der Waals surface area contributed by atoms with Crippen LogP contribution in [-0.2, 0) is 12.6 Å². The summed E-state index contributed by atoms with van der Waals surface area (Å²) >= 11 is 0. The van der Waals surface area contributed by atoms with Gasteiger partial charge in [-0.2, -0.15) is 13.2 Å². The Morgan fingerprint density at radius 1 is 1.29 bits per heavy atom. The number of hydrogen-bond donors (Lipinski definition) is 1. The van der Waals surface area contributed by atoms with Crippen LogP contribution in [-0.4, -0.2) is 11.2 Å². The topological polar surface area (TPSA) is 20.2 Å². The maximum atomic E-state index is 12.5. The molecule has 1 saturated carbocycles. The maximum Gasteiger partial charge on any atom is 0.416 e. The molecule has 94 valence electrons. The van der Waals surface area contributed by atoms with E-state index in [9.17, 15) is 18.3 Å². The van der Waals surface area contributed by atoms with Crippen molar-refractivity contribution in [3.05, 3.63) is 35.4 Å². The highest BCUT2D eigenvalue weighted by molar-refractivity contribution is 5.26. The molecule has 1 aromatic carbocycles. The van der Waals surface area contributed by atoms with E-state index in [1.165, 1.54) is 6.07 Å². The molecule has 1 aliphatic rings. The third-order valence-corrected chi connectivity index (χ3v) is 3.03. The number of aliphatic hydroxyl groups is 1. The molecule has 1 atom stereocenters. The third-order valence-electron chi connectivity index (χ3n) is 3.03. The van der Waals surface area contributed by atoms with Gasteiger partial charge in [-0.25, -0.2) is 0 Å². The van der Waals surface area contributed by atoms with Crippen molar-refractivity contribution < 1.29 is 18.3 Å². The molecule has 17 heavy (non-hydrogen) atoms. The summed E-state index contributed by atoms with van der Waals surface area (Å²) < 4.78 is 37.4. The normalized spacial score (nSPS) is 18.1. The molecule has 0 amide bonds. The molecule has 1 aliphatic carbocycles. The lowest BCUT2D eigenvalue weighted by Gasteiger charge is -2.12. The minimum atomic E-state index is -4.31. The van der Waals surface area contributed by atoms with Crippen LogP contribution in [0, 0.1) is 5.92 Å². The van der Waals surface area contributed by atoms with Gasteiger partial charge in [-0.1, -0.05) is 31.0 Å². The maximum absolute atomic E-state index is 12.5. The first kappa shape index (κ1) is 12.4. The highest BCUT2D eigenvalue weighted by Gasteiger charge is 2.30. The minimum Gasteiger partial charge on any atom is -0.393 e. The van der Waals surface area contributed by atoms with Gasteiger partial charge in [-0.3, -0.25) is 0 Å². The highest BCUT2D eigenvalue weighted by Crippen LogP contribution is 2.34. The van der Waals surface area contributed by atoms with Crippen LogP contribution >= 0.6 is 0 Å². The van der Waals surface area contributed by atoms with Crippen LogP contribution in [0.5, 0.6) is 0 Å². The Bertz CT molecular complexity index is 382. The SMILES string of the molecule is OC(Cc1cccc(C(F)(F)F)c1)CC1CC1. The third kappa shape index (κ3) is 3.73. The second-order valence-electron chi connectivity index (χ2n) is 4.74. The zero-order chi connectivity index (χ0) is 12.5. The molecule has 0 saturated heterocycles. The van der Waals surface area contributed by atoms with Crippen LogP contribution in [0.4, 0.5) is 13.2 Å². The number of alkyl halides is 3. The van der Waals surface area contributed by atoms with Gasteiger partial charge in [0.2, 0.25) is 0 Å². The first-order valence-electron chi connectivity index (χ1n) is 5.79. The molecule has 4 heteroatoms. The van der Waals surface area contributed by atoms with Crippen molar-refractivity contribution in [3.63, 3.8) is 0 Å². The summed E-state index contributed by atoms with van der Waals surface area (Å²) in [6.07, 6.45) is -1.54. The van der Waals surface area contributed by atoms with Gasteiger partial charge in [0, 0.05) is 0 Å². The van der Waals surface area contributed by atoms with Crippen molar-refractivity contribution in [2.45, 2.75) is 38.0 Å². The van der Waals surface area contributed by atoms with E-state index in [0.29, 0.717) is 24.3 Å². The van der Waals surface area contributed by atoms with E-state index in [1.807, 2.05) is 0 Å². The summed E-state index contributed by atoms with van der Waals surface area (Å²) in [4.78, 5) is 0. The van der Waals surface area contributed by atoms with E-state index in [1.54, 1.807) is 6.07 Å². The van der Waals surface area contributed by atoms with Gasteiger partial charge in [-0.05, 0) is 30.4 Å². The standard InChI is InChI=1S/C13H15F3O/c14-13(15,16)11-3-1-2-10(6-11)8-12(17)7-9-4-5-9/h1-3,6,9,12,17H,4-5,7-8H2. The molecule has 0 heterocycles. The highest BCUT2D eigenvalue weighted by atomic mass is 19.4. The molecule has 0 spiro atoms. The Hall–Kier alpha value is -1.03. The van der Waals surface area contributed by atoms with E-state index in [4.69, 9.17) is 0 Å². The number of hydrogen-bond acceptors (Lipinski definition) is 1. The van der Waals surface area contributed by atoms with Crippen LogP contribution < -0.4 is 0 Å². The zero-order valence-corrected chi connectivity index (χ0v) is 9.37. The summed E-state index contributed by atoms with van der Waals surface area (Å²) in [7, 11) is 0. The fourth-order valence-electron chi connectivity index (χ4n) is 1.97. The van der Waals surface area contributed by atoms with Crippen molar-refractivity contribution in [1.82, 2.24) is 0 Å². The summed E-state index contributed by atoms with van der Waals surface area (Å²) in [5.41, 5.74) is -0.0957. The average molecular weight is 244 g/mol. The molecule has 0 bridgehead atoms. The second-order valence-corrected chi connectivity index (χ2v) is 4.74. The number of halogens is 3. The van der Waals surface area contributed by atoms with Gasteiger partial charge >= 0.3 is 6.18 Å². The van der Waals surface area contributed by atoms with Crippen LogP contribution in [0.25, 0.3) is 0 Å². The van der Waals surface area contributed by atoms with Crippen molar-refractivity contribution in [2.75, 3.05) is 0 Å². The van der Waals surface area contributed by atoms with Crippen molar-refractivity contribution in [3.8, 4) is 0 Å². The van der Waals surface area contributed by atoms with Crippen LogP contribution in [0.2, 0.25) is 0 Å². The quantitative estimate of drug-likeness (QED) is 0.860. The molecule has 0 aromatic heterocycles. The van der Waals surface area contributed by atoms with Gasteiger partial charge in [0.05, 0.1) is 11.7 Å². The average Bonchev–Trinajstić information content (AvgIpc) is 3.00. The van der Waals surface area contributed by atoms with Gasteiger partial charge in [0.15, 0.2) is 0 Å². The van der Waals surface area contributed by atoms with Gasteiger partial charge in [-0.15, -0.1) is 0 Å². The van der Waals surface area contributed by atoms with Crippen LogP contribution in [0.1, 0.15) is 30.4 Å². The Kier molecular flexibility index (Phi) is 3.43. The number of aliphatic hydroxyl groups excluding tert-OH is 1.